The third-order valence-corrected chi connectivity index (χ3v) is 4.41. The molecule has 1 fully saturated rings. The first-order valence-electron chi connectivity index (χ1n) is 9.00. The summed E-state index contributed by atoms with van der Waals surface area (Å²) in [5.74, 6) is -1.09. The predicted octanol–water partition coefficient (Wildman–Crippen LogP) is -0.743. The second-order valence-electron chi connectivity index (χ2n) is 6.34. The number of nitrogens with zero attached hydrogens (tertiary/aromatic N) is 2. The highest BCUT2D eigenvalue weighted by molar-refractivity contribution is 5.94. The zero-order chi connectivity index (χ0) is 20.0. The molecular weight excluding hydrogens is 352 g/mol. The molecule has 2 rings (SSSR count). The zero-order valence-corrected chi connectivity index (χ0v) is 15.9. The lowest BCUT2D eigenvalue weighted by molar-refractivity contribution is -0.141. The molecule has 1 aromatic rings. The average Bonchev–Trinajstić information content (AvgIpc) is 3.06. The first-order chi connectivity index (χ1) is 12.9. The normalized spacial score (nSPS) is 19.0. The van der Waals surface area contributed by atoms with Gasteiger partial charge in [-0.1, -0.05) is 0 Å². The van der Waals surface area contributed by atoms with Crippen LogP contribution in [0.5, 0.6) is 0 Å². The fraction of sp³-hybridized carbons (Fsp3) is 0.556. The molecule has 0 radical (unpaired) electrons. The van der Waals surface area contributed by atoms with Gasteiger partial charge in [-0.15, -0.1) is 0 Å². The smallest absolute Gasteiger partial charge is 0.263 e. The fourth-order valence-electron chi connectivity index (χ4n) is 3.06. The second-order valence-corrected chi connectivity index (χ2v) is 6.34. The van der Waals surface area contributed by atoms with Gasteiger partial charge in [0.25, 0.3) is 11.5 Å². The first-order valence-corrected chi connectivity index (χ1v) is 9.00. The quantitative estimate of drug-likeness (QED) is 0.649. The Balaban J connectivity index is 2.12. The lowest BCUT2D eigenvalue weighted by Crippen LogP contribution is -2.47. The Kier molecular flexibility index (Phi) is 7.12. The van der Waals surface area contributed by atoms with Gasteiger partial charge in [-0.05, 0) is 32.4 Å². The van der Waals surface area contributed by atoms with Gasteiger partial charge in [0.05, 0.1) is 0 Å². The van der Waals surface area contributed by atoms with E-state index < -0.39 is 23.6 Å². The van der Waals surface area contributed by atoms with Crippen LogP contribution in [-0.4, -0.2) is 65.6 Å². The van der Waals surface area contributed by atoms with Crippen molar-refractivity contribution in [2.75, 3.05) is 26.3 Å². The summed E-state index contributed by atoms with van der Waals surface area (Å²) >= 11 is 0. The molecule has 2 N–H and O–H groups in total. The molecule has 1 saturated heterocycles. The summed E-state index contributed by atoms with van der Waals surface area (Å²) in [7, 11) is 1.56. The van der Waals surface area contributed by atoms with Crippen molar-refractivity contribution >= 4 is 17.7 Å². The Bertz CT molecular complexity index is 760. The number of hydrogen-bond donors (Lipinski definition) is 2. The first kappa shape index (κ1) is 20.6. The number of pyridine rings is 1. The lowest BCUT2D eigenvalue weighted by atomic mass is 10.1. The Morgan fingerprint density at radius 3 is 2.70 bits per heavy atom. The van der Waals surface area contributed by atoms with E-state index in [1.165, 1.54) is 15.5 Å². The number of carbonyl (C=O) groups is 3. The second kappa shape index (κ2) is 9.31. The standard InChI is InChI=1S/C18H26N4O5/c1-4-19-17(25)14-9-12(10-22(14)15(23)11-27-5-2)20-16(24)13-7-6-8-21(3)18(13)26/h6-8,12,14H,4-5,9-11H2,1-3H3,(H,19,25)(H,20,24)/t12-,14-/m0/s1. The molecular formula is C18H26N4O5. The van der Waals surface area contributed by atoms with E-state index in [2.05, 4.69) is 10.6 Å². The van der Waals surface area contributed by atoms with Gasteiger partial charge < -0.3 is 24.8 Å². The minimum Gasteiger partial charge on any atom is -0.372 e. The molecule has 3 amide bonds. The van der Waals surface area contributed by atoms with Crippen molar-refractivity contribution in [1.29, 1.82) is 0 Å². The van der Waals surface area contributed by atoms with Gasteiger partial charge in [-0.25, -0.2) is 0 Å². The molecule has 1 aromatic heterocycles. The highest BCUT2D eigenvalue weighted by Crippen LogP contribution is 2.19. The zero-order valence-electron chi connectivity index (χ0n) is 15.9. The minimum atomic E-state index is -0.679. The van der Waals surface area contributed by atoms with Gasteiger partial charge >= 0.3 is 0 Å². The number of amides is 3. The molecule has 1 aliphatic rings. The van der Waals surface area contributed by atoms with Crippen LogP contribution in [0.4, 0.5) is 0 Å². The molecule has 0 aromatic carbocycles. The molecule has 0 saturated carbocycles. The number of rotatable bonds is 7. The van der Waals surface area contributed by atoms with Crippen LogP contribution in [0.2, 0.25) is 0 Å². The maximum Gasteiger partial charge on any atom is 0.263 e. The van der Waals surface area contributed by atoms with E-state index >= 15 is 0 Å². The van der Waals surface area contributed by atoms with Gasteiger partial charge in [-0.2, -0.15) is 0 Å². The van der Waals surface area contributed by atoms with Crippen LogP contribution >= 0.6 is 0 Å². The summed E-state index contributed by atoms with van der Waals surface area (Å²) in [6.07, 6.45) is 1.84. The van der Waals surface area contributed by atoms with Crippen LogP contribution in [0, 0.1) is 0 Å². The van der Waals surface area contributed by atoms with Crippen molar-refractivity contribution in [2.45, 2.75) is 32.4 Å². The minimum absolute atomic E-state index is 0.0219. The highest BCUT2D eigenvalue weighted by Gasteiger charge is 2.40. The summed E-state index contributed by atoms with van der Waals surface area (Å²) < 4.78 is 6.47. The van der Waals surface area contributed by atoms with E-state index in [0.29, 0.717) is 13.2 Å². The Labute approximate surface area is 157 Å². The van der Waals surface area contributed by atoms with Gasteiger partial charge in [0.15, 0.2) is 0 Å². The number of nitrogens with one attached hydrogen (secondary N) is 2. The average molecular weight is 378 g/mol. The monoisotopic (exact) mass is 378 g/mol. The topological polar surface area (TPSA) is 110 Å². The largest absolute Gasteiger partial charge is 0.372 e. The van der Waals surface area contributed by atoms with E-state index in [9.17, 15) is 19.2 Å². The molecule has 9 heteroatoms. The van der Waals surface area contributed by atoms with E-state index in [4.69, 9.17) is 4.74 Å². The number of aromatic nitrogens is 1. The number of aryl methyl sites for hydroxylation is 1. The third-order valence-electron chi connectivity index (χ3n) is 4.41. The van der Waals surface area contributed by atoms with Crippen molar-refractivity contribution in [3.8, 4) is 0 Å². The SMILES string of the molecule is CCNC(=O)[C@@H]1C[C@H](NC(=O)c2cccn(C)c2=O)CN1C(=O)COCC. The van der Waals surface area contributed by atoms with Gasteiger partial charge in [0, 0.05) is 39.0 Å². The van der Waals surface area contributed by atoms with Crippen molar-refractivity contribution in [1.82, 2.24) is 20.1 Å². The summed E-state index contributed by atoms with van der Waals surface area (Å²) in [6, 6.07) is 1.95. The number of likely N-dealkylation sites (N-methyl/N-ethyl adjacent to an activating group) is 1. The van der Waals surface area contributed by atoms with Crippen molar-refractivity contribution < 1.29 is 19.1 Å². The van der Waals surface area contributed by atoms with Crippen LogP contribution in [-0.2, 0) is 21.4 Å². The van der Waals surface area contributed by atoms with Crippen LogP contribution in [0.3, 0.4) is 0 Å². The van der Waals surface area contributed by atoms with Crippen LogP contribution in [0.15, 0.2) is 23.1 Å². The number of carbonyl (C=O) groups excluding carboxylic acids is 3. The summed E-state index contributed by atoms with van der Waals surface area (Å²) in [5.41, 5.74) is -0.383. The highest BCUT2D eigenvalue weighted by atomic mass is 16.5. The van der Waals surface area contributed by atoms with Crippen molar-refractivity contribution in [2.24, 2.45) is 7.05 Å². The predicted molar refractivity (Wildman–Crippen MR) is 98.2 cm³/mol. The molecule has 0 spiro atoms. The molecule has 2 heterocycles. The summed E-state index contributed by atoms with van der Waals surface area (Å²) in [4.78, 5) is 50.7. The van der Waals surface area contributed by atoms with Crippen molar-refractivity contribution in [3.63, 3.8) is 0 Å². The Morgan fingerprint density at radius 2 is 2.04 bits per heavy atom. The molecule has 148 valence electrons. The van der Waals surface area contributed by atoms with Crippen LogP contribution in [0.25, 0.3) is 0 Å². The molecule has 27 heavy (non-hydrogen) atoms. The van der Waals surface area contributed by atoms with Gasteiger partial charge in [-0.3, -0.25) is 19.2 Å². The maximum atomic E-state index is 12.5. The molecule has 0 aliphatic carbocycles. The number of likely N-dealkylation sites (tertiary alicyclic amines) is 1. The van der Waals surface area contributed by atoms with E-state index in [1.807, 2.05) is 0 Å². The van der Waals surface area contributed by atoms with Gasteiger partial charge in [0.1, 0.15) is 18.2 Å². The van der Waals surface area contributed by atoms with E-state index in [1.54, 1.807) is 33.2 Å². The lowest BCUT2D eigenvalue weighted by Gasteiger charge is -2.23. The van der Waals surface area contributed by atoms with E-state index in [0.717, 1.165) is 0 Å². The fourth-order valence-corrected chi connectivity index (χ4v) is 3.06. The number of hydrogen-bond acceptors (Lipinski definition) is 5. The van der Waals surface area contributed by atoms with E-state index in [-0.39, 0.29) is 37.0 Å². The number of ether oxygens (including phenoxy) is 1. The Morgan fingerprint density at radius 1 is 1.30 bits per heavy atom. The molecule has 0 bridgehead atoms. The summed E-state index contributed by atoms with van der Waals surface area (Å²) in [6.45, 7) is 4.48. The molecule has 0 unspecified atom stereocenters. The Hall–Kier alpha value is -2.68. The molecule has 2 atom stereocenters. The van der Waals surface area contributed by atoms with Crippen LogP contribution in [0.1, 0.15) is 30.6 Å². The summed E-state index contributed by atoms with van der Waals surface area (Å²) in [5, 5.41) is 5.48. The molecule has 1 aliphatic heterocycles. The molecule has 9 nitrogen and oxygen atoms in total. The van der Waals surface area contributed by atoms with Gasteiger partial charge in [0.2, 0.25) is 11.8 Å². The van der Waals surface area contributed by atoms with Crippen molar-refractivity contribution in [3.05, 3.63) is 34.2 Å². The van der Waals surface area contributed by atoms with Crippen LogP contribution < -0.4 is 16.2 Å². The third kappa shape index (κ3) is 4.94. The maximum absolute atomic E-state index is 12.5.